The van der Waals surface area contributed by atoms with E-state index in [1.807, 2.05) is 0 Å². The Morgan fingerprint density at radius 1 is 1.37 bits per heavy atom. The number of anilines is 1. The van der Waals surface area contributed by atoms with E-state index in [0.717, 1.165) is 25.7 Å². The van der Waals surface area contributed by atoms with Crippen molar-refractivity contribution < 1.29 is 9.90 Å². The molecule has 0 saturated heterocycles. The number of hydrogen-bond acceptors (Lipinski definition) is 4. The number of hydrogen-bond donors (Lipinski definition) is 3. The number of carbonyl (C=O) groups is 1. The molecule has 0 radical (unpaired) electrons. The molecule has 6 heteroatoms. The molecule has 5 nitrogen and oxygen atoms in total. The molecule has 0 aliphatic heterocycles. The quantitative estimate of drug-likeness (QED) is 0.740. The number of carbonyl (C=O) groups excluding carboxylic acids is 1. The van der Waals surface area contributed by atoms with Crippen LogP contribution in [0.25, 0.3) is 0 Å². The Balaban J connectivity index is 2.01. The average Bonchev–Trinajstić information content (AvgIpc) is 2.40. The van der Waals surface area contributed by atoms with Crippen molar-refractivity contribution in [1.82, 2.24) is 10.3 Å². The van der Waals surface area contributed by atoms with Crippen LogP contribution in [0.5, 0.6) is 0 Å². The zero-order valence-corrected chi connectivity index (χ0v) is 11.6. The summed E-state index contributed by atoms with van der Waals surface area (Å²) < 4.78 is 0. The number of nitrogens with one attached hydrogen (secondary N) is 2. The number of nitrogens with zero attached hydrogens (tertiary/aromatic N) is 1. The Hall–Kier alpha value is -1.33. The van der Waals surface area contributed by atoms with Crippen molar-refractivity contribution in [2.75, 3.05) is 12.4 Å². The molecule has 0 unspecified atom stereocenters. The minimum atomic E-state index is -0.223. The maximum Gasteiger partial charge on any atom is 0.251 e. The standard InChI is InChI=1S/C13H18ClN3O2/c1-15-12-7-8(6-11(14)17-12)13(19)16-9-2-4-10(18)5-3-9/h6-7,9-10,18H,2-5H2,1H3,(H,15,17)(H,16,19). The van der Waals surface area contributed by atoms with Crippen LogP contribution in [0, 0.1) is 0 Å². The average molecular weight is 284 g/mol. The van der Waals surface area contributed by atoms with E-state index in [-0.39, 0.29) is 23.2 Å². The van der Waals surface area contributed by atoms with Crippen LogP contribution in [0.1, 0.15) is 36.0 Å². The van der Waals surface area contributed by atoms with Gasteiger partial charge in [0.2, 0.25) is 0 Å². The number of aliphatic hydroxyl groups is 1. The number of pyridine rings is 1. The summed E-state index contributed by atoms with van der Waals surface area (Å²) in [5.74, 6) is 0.416. The van der Waals surface area contributed by atoms with E-state index in [4.69, 9.17) is 11.6 Å². The summed E-state index contributed by atoms with van der Waals surface area (Å²) in [6.07, 6.45) is 2.88. The van der Waals surface area contributed by atoms with Crippen molar-refractivity contribution in [1.29, 1.82) is 0 Å². The normalized spacial score (nSPS) is 22.9. The highest BCUT2D eigenvalue weighted by Crippen LogP contribution is 2.19. The second kappa shape index (κ2) is 6.21. The van der Waals surface area contributed by atoms with E-state index >= 15 is 0 Å². The fourth-order valence-electron chi connectivity index (χ4n) is 2.24. The first-order valence-electron chi connectivity index (χ1n) is 6.42. The zero-order valence-electron chi connectivity index (χ0n) is 10.8. The summed E-state index contributed by atoms with van der Waals surface area (Å²) in [5, 5.41) is 15.6. The third-order valence-electron chi connectivity index (χ3n) is 3.34. The number of rotatable bonds is 3. The van der Waals surface area contributed by atoms with Gasteiger partial charge in [0.05, 0.1) is 6.10 Å². The van der Waals surface area contributed by atoms with Crippen molar-refractivity contribution in [2.24, 2.45) is 0 Å². The molecule has 0 spiro atoms. The molecule has 1 aromatic heterocycles. The molecule has 1 amide bonds. The molecular formula is C13H18ClN3O2. The van der Waals surface area contributed by atoms with E-state index in [1.54, 1.807) is 19.2 Å². The summed E-state index contributed by atoms with van der Waals surface area (Å²) in [5.41, 5.74) is 0.496. The fourth-order valence-corrected chi connectivity index (χ4v) is 2.45. The van der Waals surface area contributed by atoms with Crippen molar-refractivity contribution in [3.8, 4) is 0 Å². The van der Waals surface area contributed by atoms with Crippen LogP contribution < -0.4 is 10.6 Å². The third-order valence-corrected chi connectivity index (χ3v) is 3.54. The van der Waals surface area contributed by atoms with E-state index in [1.165, 1.54) is 0 Å². The molecule has 104 valence electrons. The molecule has 1 aliphatic carbocycles. The molecule has 0 bridgehead atoms. The first kappa shape index (κ1) is 14.1. The van der Waals surface area contributed by atoms with Crippen LogP contribution in [-0.2, 0) is 0 Å². The van der Waals surface area contributed by atoms with Crippen LogP contribution in [0.3, 0.4) is 0 Å². The van der Waals surface area contributed by atoms with Crippen LogP contribution >= 0.6 is 11.6 Å². The number of aliphatic hydroxyl groups excluding tert-OH is 1. The molecule has 2 rings (SSSR count). The Morgan fingerprint density at radius 3 is 2.68 bits per heavy atom. The van der Waals surface area contributed by atoms with Gasteiger partial charge in [-0.2, -0.15) is 0 Å². The largest absolute Gasteiger partial charge is 0.393 e. The molecule has 1 saturated carbocycles. The Morgan fingerprint density at radius 2 is 2.05 bits per heavy atom. The molecule has 1 fully saturated rings. The maximum atomic E-state index is 12.1. The molecule has 19 heavy (non-hydrogen) atoms. The van der Waals surface area contributed by atoms with Crippen LogP contribution in [0.4, 0.5) is 5.82 Å². The van der Waals surface area contributed by atoms with Gasteiger partial charge in [-0.3, -0.25) is 4.79 Å². The Bertz CT molecular complexity index is 459. The molecule has 0 aromatic carbocycles. The van der Waals surface area contributed by atoms with Gasteiger partial charge in [-0.1, -0.05) is 11.6 Å². The first-order valence-corrected chi connectivity index (χ1v) is 6.80. The molecule has 1 aliphatic rings. The molecule has 1 aromatic rings. The van der Waals surface area contributed by atoms with Crippen molar-refractivity contribution >= 4 is 23.3 Å². The monoisotopic (exact) mass is 283 g/mol. The predicted molar refractivity (Wildman–Crippen MR) is 74.5 cm³/mol. The number of halogens is 1. The highest BCUT2D eigenvalue weighted by atomic mass is 35.5. The smallest absolute Gasteiger partial charge is 0.251 e. The summed E-state index contributed by atoms with van der Waals surface area (Å²) in [4.78, 5) is 16.2. The number of aromatic nitrogens is 1. The highest BCUT2D eigenvalue weighted by molar-refractivity contribution is 6.29. The van der Waals surface area contributed by atoms with Gasteiger partial charge in [-0.05, 0) is 37.8 Å². The molecule has 0 atom stereocenters. The minimum Gasteiger partial charge on any atom is -0.393 e. The fraction of sp³-hybridized carbons (Fsp3) is 0.538. The van der Waals surface area contributed by atoms with Gasteiger partial charge in [0.15, 0.2) is 0 Å². The highest BCUT2D eigenvalue weighted by Gasteiger charge is 2.21. The second-order valence-electron chi connectivity index (χ2n) is 4.79. The Labute approximate surface area is 117 Å². The van der Waals surface area contributed by atoms with Crippen molar-refractivity contribution in [2.45, 2.75) is 37.8 Å². The van der Waals surface area contributed by atoms with Crippen molar-refractivity contribution in [3.05, 3.63) is 22.8 Å². The lowest BCUT2D eigenvalue weighted by atomic mass is 9.93. The van der Waals surface area contributed by atoms with Crippen LogP contribution in [0.15, 0.2) is 12.1 Å². The van der Waals surface area contributed by atoms with Gasteiger partial charge in [-0.25, -0.2) is 4.98 Å². The van der Waals surface area contributed by atoms with Gasteiger partial charge in [0, 0.05) is 18.7 Å². The van der Waals surface area contributed by atoms with Crippen LogP contribution in [0.2, 0.25) is 5.15 Å². The lowest BCUT2D eigenvalue weighted by Crippen LogP contribution is -2.38. The summed E-state index contributed by atoms with van der Waals surface area (Å²) >= 11 is 5.87. The van der Waals surface area contributed by atoms with Gasteiger partial charge >= 0.3 is 0 Å². The summed E-state index contributed by atoms with van der Waals surface area (Å²) in [7, 11) is 1.73. The molecule has 3 N–H and O–H groups in total. The first-order chi connectivity index (χ1) is 9.08. The van der Waals surface area contributed by atoms with Gasteiger partial charge in [-0.15, -0.1) is 0 Å². The van der Waals surface area contributed by atoms with E-state index in [9.17, 15) is 9.90 Å². The van der Waals surface area contributed by atoms with Gasteiger partial charge < -0.3 is 15.7 Å². The lowest BCUT2D eigenvalue weighted by Gasteiger charge is -2.26. The number of amides is 1. The maximum absolute atomic E-state index is 12.1. The van der Waals surface area contributed by atoms with E-state index in [2.05, 4.69) is 15.6 Å². The zero-order chi connectivity index (χ0) is 13.8. The minimum absolute atomic E-state index is 0.126. The second-order valence-corrected chi connectivity index (χ2v) is 5.18. The summed E-state index contributed by atoms with van der Waals surface area (Å²) in [6.45, 7) is 0. The Kier molecular flexibility index (Phi) is 4.61. The molecule has 1 heterocycles. The van der Waals surface area contributed by atoms with E-state index < -0.39 is 0 Å². The van der Waals surface area contributed by atoms with Gasteiger partial charge in [0.1, 0.15) is 11.0 Å². The van der Waals surface area contributed by atoms with E-state index in [0.29, 0.717) is 11.4 Å². The third kappa shape index (κ3) is 3.81. The van der Waals surface area contributed by atoms with Gasteiger partial charge in [0.25, 0.3) is 5.91 Å². The predicted octanol–water partition coefficient (Wildman–Crippen LogP) is 1.81. The summed E-state index contributed by atoms with van der Waals surface area (Å²) in [6, 6.07) is 3.34. The SMILES string of the molecule is CNc1cc(C(=O)NC2CCC(O)CC2)cc(Cl)n1. The lowest BCUT2D eigenvalue weighted by molar-refractivity contribution is 0.0867. The molecular weight excluding hydrogens is 266 g/mol. The van der Waals surface area contributed by atoms with Crippen LogP contribution in [-0.4, -0.2) is 35.2 Å². The topological polar surface area (TPSA) is 74.2 Å². The van der Waals surface area contributed by atoms with Crippen molar-refractivity contribution in [3.63, 3.8) is 0 Å².